The molecule has 1 aliphatic rings. The Balaban J connectivity index is 2.66. The predicted octanol–water partition coefficient (Wildman–Crippen LogP) is 0.987. The lowest BCUT2D eigenvalue weighted by Crippen LogP contribution is -2.52. The lowest BCUT2D eigenvalue weighted by molar-refractivity contribution is -0.146. The first-order chi connectivity index (χ1) is 7.20. The van der Waals surface area contributed by atoms with E-state index in [4.69, 9.17) is 12.2 Å². The van der Waals surface area contributed by atoms with E-state index in [-0.39, 0.29) is 11.3 Å². The Bertz CT molecular complexity index is 258. The zero-order valence-corrected chi connectivity index (χ0v) is 9.46. The normalized spacial score (nSPS) is 17.7. The van der Waals surface area contributed by atoms with Gasteiger partial charge in [0.2, 0.25) is 5.91 Å². The molecular weight excluding hydrogens is 188 g/mol. The van der Waals surface area contributed by atoms with Crippen LogP contribution in [0.3, 0.4) is 0 Å². The lowest BCUT2D eigenvalue weighted by atomic mass is 9.68. The standard InChI is InChI=1S/C12H20N2O/c1-3-8-14(9-4-2)11(15)12(10-13)6-5-7-12/h1H,4-10,13H2,2H3. The third-order valence-corrected chi connectivity index (χ3v) is 3.22. The van der Waals surface area contributed by atoms with Gasteiger partial charge in [0.1, 0.15) is 0 Å². The Morgan fingerprint density at radius 3 is 2.60 bits per heavy atom. The van der Waals surface area contributed by atoms with Crippen LogP contribution >= 0.6 is 0 Å². The minimum absolute atomic E-state index is 0.163. The maximum absolute atomic E-state index is 12.2. The van der Waals surface area contributed by atoms with Gasteiger partial charge in [0.05, 0.1) is 12.0 Å². The number of nitrogens with two attached hydrogens (primary N) is 1. The van der Waals surface area contributed by atoms with Crippen molar-refractivity contribution >= 4 is 5.91 Å². The Labute approximate surface area is 92.0 Å². The number of carbonyl (C=O) groups is 1. The number of hydrogen-bond donors (Lipinski definition) is 1. The van der Waals surface area contributed by atoms with Crippen LogP contribution in [0, 0.1) is 17.8 Å². The molecule has 0 saturated heterocycles. The minimum atomic E-state index is -0.286. The second-order valence-electron chi connectivity index (χ2n) is 4.27. The summed E-state index contributed by atoms with van der Waals surface area (Å²) in [5.41, 5.74) is 5.41. The topological polar surface area (TPSA) is 46.3 Å². The molecule has 3 heteroatoms. The maximum atomic E-state index is 12.2. The third kappa shape index (κ3) is 2.32. The molecule has 0 unspecified atom stereocenters. The van der Waals surface area contributed by atoms with Crippen LogP contribution in [0.1, 0.15) is 32.6 Å². The van der Waals surface area contributed by atoms with E-state index < -0.39 is 0 Å². The van der Waals surface area contributed by atoms with Crippen molar-refractivity contribution in [2.24, 2.45) is 11.1 Å². The summed E-state index contributed by atoms with van der Waals surface area (Å²) in [7, 11) is 0. The van der Waals surface area contributed by atoms with Crippen molar-refractivity contribution in [2.75, 3.05) is 19.6 Å². The van der Waals surface area contributed by atoms with Crippen molar-refractivity contribution in [3.63, 3.8) is 0 Å². The molecule has 0 bridgehead atoms. The molecule has 0 aromatic carbocycles. The van der Waals surface area contributed by atoms with Crippen molar-refractivity contribution in [1.29, 1.82) is 0 Å². The van der Waals surface area contributed by atoms with Crippen molar-refractivity contribution in [3.05, 3.63) is 0 Å². The molecule has 2 N–H and O–H groups in total. The highest BCUT2D eigenvalue weighted by molar-refractivity contribution is 5.84. The monoisotopic (exact) mass is 208 g/mol. The van der Waals surface area contributed by atoms with Crippen LogP contribution in [0.2, 0.25) is 0 Å². The van der Waals surface area contributed by atoms with Gasteiger partial charge >= 0.3 is 0 Å². The molecule has 0 aliphatic heterocycles. The fourth-order valence-corrected chi connectivity index (χ4v) is 2.08. The van der Waals surface area contributed by atoms with Gasteiger partial charge in [-0.15, -0.1) is 6.42 Å². The summed E-state index contributed by atoms with van der Waals surface area (Å²) in [4.78, 5) is 14.0. The van der Waals surface area contributed by atoms with Crippen molar-refractivity contribution in [1.82, 2.24) is 4.90 Å². The highest BCUT2D eigenvalue weighted by atomic mass is 16.2. The molecule has 1 rings (SSSR count). The fraction of sp³-hybridized carbons (Fsp3) is 0.750. The summed E-state index contributed by atoms with van der Waals surface area (Å²) >= 11 is 0. The van der Waals surface area contributed by atoms with E-state index in [0.29, 0.717) is 13.1 Å². The van der Waals surface area contributed by atoms with E-state index >= 15 is 0 Å². The first-order valence-corrected chi connectivity index (χ1v) is 5.63. The van der Waals surface area contributed by atoms with Gasteiger partial charge in [-0.3, -0.25) is 4.79 Å². The van der Waals surface area contributed by atoms with Gasteiger partial charge in [0.25, 0.3) is 0 Å². The summed E-state index contributed by atoms with van der Waals surface area (Å²) in [5.74, 6) is 2.71. The van der Waals surface area contributed by atoms with Gasteiger partial charge in [0.15, 0.2) is 0 Å². The Kier molecular flexibility index (Phi) is 4.16. The van der Waals surface area contributed by atoms with Gasteiger partial charge in [-0.05, 0) is 19.3 Å². The number of carbonyl (C=O) groups excluding carboxylic acids is 1. The zero-order valence-electron chi connectivity index (χ0n) is 9.46. The molecule has 0 aromatic heterocycles. The Morgan fingerprint density at radius 2 is 2.27 bits per heavy atom. The summed E-state index contributed by atoms with van der Waals surface area (Å²) in [6, 6.07) is 0. The van der Waals surface area contributed by atoms with Gasteiger partial charge in [-0.25, -0.2) is 0 Å². The largest absolute Gasteiger partial charge is 0.331 e. The number of hydrogen-bond acceptors (Lipinski definition) is 2. The molecule has 15 heavy (non-hydrogen) atoms. The number of terminal acetylenes is 1. The smallest absolute Gasteiger partial charge is 0.230 e. The van der Waals surface area contributed by atoms with E-state index in [1.165, 1.54) is 0 Å². The molecule has 1 fully saturated rings. The van der Waals surface area contributed by atoms with E-state index in [0.717, 1.165) is 32.2 Å². The van der Waals surface area contributed by atoms with Crippen molar-refractivity contribution < 1.29 is 4.79 Å². The van der Waals surface area contributed by atoms with Crippen molar-refractivity contribution in [2.45, 2.75) is 32.6 Å². The molecule has 84 valence electrons. The zero-order chi connectivity index (χ0) is 11.3. The second-order valence-corrected chi connectivity index (χ2v) is 4.27. The SMILES string of the molecule is C#CCN(CCC)C(=O)C1(CN)CCC1. The molecule has 0 heterocycles. The van der Waals surface area contributed by atoms with Crippen LogP contribution in [0.5, 0.6) is 0 Å². The fourth-order valence-electron chi connectivity index (χ4n) is 2.08. The van der Waals surface area contributed by atoms with Gasteiger partial charge in [-0.1, -0.05) is 19.3 Å². The number of amides is 1. The molecule has 3 nitrogen and oxygen atoms in total. The minimum Gasteiger partial charge on any atom is -0.331 e. The summed E-state index contributed by atoms with van der Waals surface area (Å²) in [5, 5.41) is 0. The third-order valence-electron chi connectivity index (χ3n) is 3.22. The lowest BCUT2D eigenvalue weighted by Gasteiger charge is -2.42. The first-order valence-electron chi connectivity index (χ1n) is 5.63. The summed E-state index contributed by atoms with van der Waals surface area (Å²) < 4.78 is 0. The average molecular weight is 208 g/mol. The van der Waals surface area contributed by atoms with Crippen LogP contribution in [0.25, 0.3) is 0 Å². The number of nitrogens with zero attached hydrogens (tertiary/aromatic N) is 1. The molecular formula is C12H20N2O. The molecule has 1 saturated carbocycles. The van der Waals surface area contributed by atoms with Crippen LogP contribution in [0.15, 0.2) is 0 Å². The van der Waals surface area contributed by atoms with Crippen LogP contribution in [-0.2, 0) is 4.79 Å². The van der Waals surface area contributed by atoms with Gasteiger partial charge in [-0.2, -0.15) is 0 Å². The summed E-state index contributed by atoms with van der Waals surface area (Å²) in [6.07, 6.45) is 9.16. The highest BCUT2D eigenvalue weighted by Crippen LogP contribution is 2.41. The van der Waals surface area contributed by atoms with Gasteiger partial charge < -0.3 is 10.6 Å². The van der Waals surface area contributed by atoms with E-state index in [2.05, 4.69) is 5.92 Å². The molecule has 1 aliphatic carbocycles. The molecule has 0 spiro atoms. The predicted molar refractivity (Wildman–Crippen MR) is 61.0 cm³/mol. The maximum Gasteiger partial charge on any atom is 0.230 e. The van der Waals surface area contributed by atoms with Gasteiger partial charge in [0, 0.05) is 13.1 Å². The first kappa shape index (κ1) is 12.1. The Hall–Kier alpha value is -1.01. The average Bonchev–Trinajstić information content (AvgIpc) is 2.16. The van der Waals surface area contributed by atoms with Crippen LogP contribution < -0.4 is 5.73 Å². The molecule has 0 radical (unpaired) electrons. The highest BCUT2D eigenvalue weighted by Gasteiger charge is 2.44. The molecule has 0 atom stereocenters. The molecule has 1 amide bonds. The number of rotatable bonds is 5. The molecule has 0 aromatic rings. The van der Waals surface area contributed by atoms with Crippen molar-refractivity contribution in [3.8, 4) is 12.3 Å². The van der Waals surface area contributed by atoms with E-state index in [1.807, 2.05) is 6.92 Å². The Morgan fingerprint density at radius 1 is 1.60 bits per heavy atom. The quantitative estimate of drug-likeness (QED) is 0.685. The van der Waals surface area contributed by atoms with Crippen LogP contribution in [-0.4, -0.2) is 30.4 Å². The van der Waals surface area contributed by atoms with E-state index in [1.54, 1.807) is 4.90 Å². The summed E-state index contributed by atoms with van der Waals surface area (Å²) in [6.45, 7) is 3.66. The second kappa shape index (κ2) is 5.18. The van der Waals surface area contributed by atoms with Crippen LogP contribution in [0.4, 0.5) is 0 Å². The van der Waals surface area contributed by atoms with E-state index in [9.17, 15) is 4.79 Å².